The number of hydrogen-bond donors (Lipinski definition) is 3. The van der Waals surface area contributed by atoms with E-state index in [0.717, 1.165) is 43.4 Å². The molecule has 0 aliphatic heterocycles. The number of anilines is 3. The molecule has 0 fully saturated rings. The number of aryl methyl sites for hydroxylation is 1. The Hall–Kier alpha value is -5.61. The molecule has 3 aromatic carbocycles. The SMILES string of the molecule is COc1cc(-c2csc3c(C=CC(=O)NCCN(C)c4ccccc4)cnc(N)c23)ccc1NC(=O)c1cc2ccccc2n1C. The lowest BCUT2D eigenvalue weighted by Crippen LogP contribution is -2.31. The van der Waals surface area contributed by atoms with Gasteiger partial charge in [0.25, 0.3) is 5.91 Å². The molecule has 3 aromatic heterocycles. The first-order chi connectivity index (χ1) is 22.3. The molecule has 0 unspecified atom stereocenters. The fraction of sp³-hybridized carbons (Fsp3) is 0.139. The zero-order chi connectivity index (χ0) is 32.2. The molecule has 0 aliphatic carbocycles. The van der Waals surface area contributed by atoms with Crippen molar-refractivity contribution in [2.45, 2.75) is 0 Å². The third-order valence-electron chi connectivity index (χ3n) is 7.95. The number of pyridine rings is 1. The highest BCUT2D eigenvalue weighted by Gasteiger charge is 2.18. The van der Waals surface area contributed by atoms with Crippen LogP contribution in [0.2, 0.25) is 0 Å². The van der Waals surface area contributed by atoms with Crippen LogP contribution in [0.5, 0.6) is 5.75 Å². The normalized spacial score (nSPS) is 11.3. The lowest BCUT2D eigenvalue weighted by Gasteiger charge is -2.19. The Morgan fingerprint density at radius 2 is 1.85 bits per heavy atom. The second kappa shape index (κ2) is 13.2. The summed E-state index contributed by atoms with van der Waals surface area (Å²) in [5, 5.41) is 9.75. The molecular formula is C36H34N6O3S. The van der Waals surface area contributed by atoms with Crippen LogP contribution in [0.1, 0.15) is 16.1 Å². The van der Waals surface area contributed by atoms with Crippen LogP contribution in [0.25, 0.3) is 38.2 Å². The lowest BCUT2D eigenvalue weighted by atomic mass is 10.0. The molecule has 0 saturated heterocycles. The molecule has 9 nitrogen and oxygen atoms in total. The van der Waals surface area contributed by atoms with Crippen LogP contribution in [-0.2, 0) is 11.8 Å². The van der Waals surface area contributed by atoms with E-state index in [2.05, 4.69) is 20.5 Å². The summed E-state index contributed by atoms with van der Waals surface area (Å²) in [5.74, 6) is 0.488. The van der Waals surface area contributed by atoms with Crippen LogP contribution >= 0.6 is 11.3 Å². The van der Waals surface area contributed by atoms with Gasteiger partial charge < -0.3 is 30.6 Å². The fourth-order valence-corrected chi connectivity index (χ4v) is 6.53. The van der Waals surface area contributed by atoms with Crippen LogP contribution in [0, 0.1) is 0 Å². The summed E-state index contributed by atoms with van der Waals surface area (Å²) in [4.78, 5) is 32.4. The average molecular weight is 631 g/mol. The Kier molecular flexibility index (Phi) is 8.71. The number of fused-ring (bicyclic) bond motifs is 2. The number of para-hydroxylation sites is 2. The first-order valence-electron chi connectivity index (χ1n) is 14.8. The van der Waals surface area contributed by atoms with Gasteiger partial charge in [0.2, 0.25) is 5.91 Å². The number of likely N-dealkylation sites (N-methyl/N-ethyl adjacent to an activating group) is 1. The summed E-state index contributed by atoms with van der Waals surface area (Å²) in [6, 6.07) is 25.4. The van der Waals surface area contributed by atoms with Crippen molar-refractivity contribution >= 4 is 67.4 Å². The minimum Gasteiger partial charge on any atom is -0.495 e. The molecule has 0 saturated carbocycles. The number of nitrogen functional groups attached to an aromatic ring is 1. The Morgan fingerprint density at radius 1 is 1.07 bits per heavy atom. The monoisotopic (exact) mass is 630 g/mol. The summed E-state index contributed by atoms with van der Waals surface area (Å²) >= 11 is 1.53. The van der Waals surface area contributed by atoms with Crippen LogP contribution in [0.15, 0.2) is 96.5 Å². The number of hydrogen-bond acceptors (Lipinski definition) is 7. The highest BCUT2D eigenvalue weighted by Crippen LogP contribution is 2.41. The number of nitrogens with one attached hydrogen (secondary N) is 2. The highest BCUT2D eigenvalue weighted by molar-refractivity contribution is 7.18. The quantitative estimate of drug-likeness (QED) is 0.148. The summed E-state index contributed by atoms with van der Waals surface area (Å²) in [6.07, 6.45) is 4.96. The van der Waals surface area contributed by atoms with E-state index < -0.39 is 0 Å². The van der Waals surface area contributed by atoms with Gasteiger partial charge in [0.1, 0.15) is 17.3 Å². The molecular weight excluding hydrogens is 597 g/mol. The van der Waals surface area contributed by atoms with Gasteiger partial charge in [-0.3, -0.25) is 9.59 Å². The number of amides is 2. The predicted molar refractivity (Wildman–Crippen MR) is 189 cm³/mol. The van der Waals surface area contributed by atoms with Gasteiger partial charge in [0, 0.05) is 77.3 Å². The zero-order valence-corrected chi connectivity index (χ0v) is 26.6. The Morgan fingerprint density at radius 3 is 2.63 bits per heavy atom. The van der Waals surface area contributed by atoms with Gasteiger partial charge in [0.05, 0.1) is 12.8 Å². The number of nitrogens with zero attached hydrogens (tertiary/aromatic N) is 3. The smallest absolute Gasteiger partial charge is 0.272 e. The van der Waals surface area contributed by atoms with Crippen molar-refractivity contribution in [2.24, 2.45) is 7.05 Å². The van der Waals surface area contributed by atoms with E-state index in [4.69, 9.17) is 10.5 Å². The number of ether oxygens (including phenoxy) is 1. The van der Waals surface area contributed by atoms with E-state index >= 15 is 0 Å². The van der Waals surface area contributed by atoms with Gasteiger partial charge in [0.15, 0.2) is 0 Å². The predicted octanol–water partition coefficient (Wildman–Crippen LogP) is 6.56. The highest BCUT2D eigenvalue weighted by atomic mass is 32.1. The summed E-state index contributed by atoms with van der Waals surface area (Å²) in [6.45, 7) is 1.19. The van der Waals surface area contributed by atoms with Crippen molar-refractivity contribution in [3.05, 3.63) is 108 Å². The fourth-order valence-electron chi connectivity index (χ4n) is 5.46. The van der Waals surface area contributed by atoms with Crippen molar-refractivity contribution in [3.63, 3.8) is 0 Å². The van der Waals surface area contributed by atoms with E-state index in [1.807, 2.05) is 103 Å². The summed E-state index contributed by atoms with van der Waals surface area (Å²) in [7, 11) is 5.44. The molecule has 46 heavy (non-hydrogen) atoms. The number of methoxy groups -OCH3 is 1. The lowest BCUT2D eigenvalue weighted by molar-refractivity contribution is -0.116. The van der Waals surface area contributed by atoms with E-state index in [1.165, 1.54) is 17.4 Å². The molecule has 0 bridgehead atoms. The van der Waals surface area contributed by atoms with Crippen LogP contribution in [-0.4, -0.2) is 48.6 Å². The summed E-state index contributed by atoms with van der Waals surface area (Å²) < 4.78 is 8.48. The number of carbonyl (C=O) groups excluding carboxylic acids is 2. The number of aromatic nitrogens is 2. The average Bonchev–Trinajstić information content (AvgIpc) is 3.68. The largest absolute Gasteiger partial charge is 0.495 e. The maximum absolute atomic E-state index is 13.3. The number of thiophene rings is 1. The van der Waals surface area contributed by atoms with E-state index in [1.54, 1.807) is 19.4 Å². The van der Waals surface area contributed by atoms with Crippen molar-refractivity contribution in [2.75, 3.05) is 43.2 Å². The summed E-state index contributed by atoms with van der Waals surface area (Å²) in [5.41, 5.74) is 12.1. The topological polar surface area (TPSA) is 115 Å². The third kappa shape index (κ3) is 6.15. The molecule has 232 valence electrons. The van der Waals surface area contributed by atoms with Crippen LogP contribution in [0.3, 0.4) is 0 Å². The maximum atomic E-state index is 13.3. The van der Waals surface area contributed by atoms with Gasteiger partial charge in [-0.2, -0.15) is 0 Å². The number of benzene rings is 3. The van der Waals surface area contributed by atoms with E-state index in [-0.39, 0.29) is 11.8 Å². The molecule has 3 heterocycles. The minimum atomic E-state index is -0.233. The van der Waals surface area contributed by atoms with Gasteiger partial charge in [-0.1, -0.05) is 42.5 Å². The number of nitrogens with two attached hydrogens (primary N) is 1. The Labute approximate surface area is 270 Å². The standard InChI is InChI=1S/C36H34N6O3S/c1-41(26-10-5-4-6-11-26)18-17-38-32(43)16-14-25-21-39-35(37)33-27(22-46-34(25)33)23-13-15-28(31(20-23)45-3)40-36(44)30-19-24-9-7-8-12-29(24)42(30)2/h4-16,19-22H,17-18H2,1-3H3,(H2,37,39)(H,38,43)(H,40,44). The van der Waals surface area contributed by atoms with Crippen LogP contribution in [0.4, 0.5) is 17.2 Å². The maximum Gasteiger partial charge on any atom is 0.272 e. The van der Waals surface area contributed by atoms with Crippen molar-refractivity contribution < 1.29 is 14.3 Å². The zero-order valence-electron chi connectivity index (χ0n) is 25.8. The third-order valence-corrected chi connectivity index (χ3v) is 8.98. The molecule has 0 spiro atoms. The minimum absolute atomic E-state index is 0.186. The van der Waals surface area contributed by atoms with Gasteiger partial charge in [-0.05, 0) is 53.4 Å². The van der Waals surface area contributed by atoms with E-state index in [9.17, 15) is 9.59 Å². The molecule has 4 N–H and O–H groups in total. The Bertz CT molecular complexity index is 2080. The van der Waals surface area contributed by atoms with Gasteiger partial charge in [-0.25, -0.2) is 4.98 Å². The van der Waals surface area contributed by atoms with Crippen molar-refractivity contribution in [1.82, 2.24) is 14.9 Å². The molecule has 6 rings (SSSR count). The molecule has 6 aromatic rings. The first kappa shape index (κ1) is 30.4. The number of rotatable bonds is 10. The van der Waals surface area contributed by atoms with Crippen LogP contribution < -0.4 is 26.0 Å². The molecule has 0 atom stereocenters. The molecule has 10 heteroatoms. The van der Waals surface area contributed by atoms with Crippen molar-refractivity contribution in [3.8, 4) is 16.9 Å². The molecule has 2 amide bonds. The molecule has 0 radical (unpaired) electrons. The van der Waals surface area contributed by atoms with Crippen molar-refractivity contribution in [1.29, 1.82) is 0 Å². The van der Waals surface area contributed by atoms with Gasteiger partial charge >= 0.3 is 0 Å². The second-order valence-electron chi connectivity index (χ2n) is 10.9. The second-order valence-corrected chi connectivity index (χ2v) is 11.7. The van der Waals surface area contributed by atoms with Gasteiger partial charge in [-0.15, -0.1) is 11.3 Å². The van der Waals surface area contributed by atoms with E-state index in [0.29, 0.717) is 36.0 Å². The Balaban J connectivity index is 1.18. The first-order valence-corrected chi connectivity index (χ1v) is 15.6. The molecule has 0 aliphatic rings. The number of carbonyl (C=O) groups is 2.